The van der Waals surface area contributed by atoms with Crippen molar-refractivity contribution in [2.45, 2.75) is 40.0 Å². The standard InChI is InChI=1S/C12H18O3/c1-4-5-12(2,3)6-9-7-15-8-10(13)11(9)14/h7-8,13H,4-6H2,1-3H3. The van der Waals surface area contributed by atoms with Crippen molar-refractivity contribution >= 4 is 0 Å². The van der Waals surface area contributed by atoms with Crippen molar-refractivity contribution in [3.05, 3.63) is 28.3 Å². The normalized spacial score (nSPS) is 11.7. The van der Waals surface area contributed by atoms with Crippen molar-refractivity contribution in [3.63, 3.8) is 0 Å². The van der Waals surface area contributed by atoms with Gasteiger partial charge in [-0.1, -0.05) is 27.2 Å². The van der Waals surface area contributed by atoms with Crippen LogP contribution in [-0.4, -0.2) is 5.11 Å². The molecule has 0 spiro atoms. The molecule has 0 bridgehead atoms. The highest BCUT2D eigenvalue weighted by Crippen LogP contribution is 2.26. The molecule has 1 aromatic rings. The van der Waals surface area contributed by atoms with Gasteiger partial charge >= 0.3 is 0 Å². The van der Waals surface area contributed by atoms with Crippen LogP contribution in [0, 0.1) is 5.41 Å². The van der Waals surface area contributed by atoms with E-state index < -0.39 is 0 Å². The van der Waals surface area contributed by atoms with E-state index in [1.165, 1.54) is 6.26 Å². The summed E-state index contributed by atoms with van der Waals surface area (Å²) in [4.78, 5) is 11.5. The van der Waals surface area contributed by atoms with Crippen molar-refractivity contribution in [2.75, 3.05) is 0 Å². The van der Waals surface area contributed by atoms with Crippen LogP contribution < -0.4 is 5.43 Å². The third-order valence-electron chi connectivity index (χ3n) is 2.51. The van der Waals surface area contributed by atoms with Gasteiger partial charge in [-0.15, -0.1) is 0 Å². The van der Waals surface area contributed by atoms with E-state index in [0.717, 1.165) is 19.1 Å². The summed E-state index contributed by atoms with van der Waals surface area (Å²) in [5.74, 6) is -0.306. The Labute approximate surface area is 89.7 Å². The number of hydrogen-bond donors (Lipinski definition) is 1. The Balaban J connectivity index is 2.90. The van der Waals surface area contributed by atoms with Crippen LogP contribution in [0.4, 0.5) is 0 Å². The van der Waals surface area contributed by atoms with Crippen molar-refractivity contribution in [2.24, 2.45) is 5.41 Å². The third kappa shape index (κ3) is 3.11. The molecule has 84 valence electrons. The molecule has 3 heteroatoms. The lowest BCUT2D eigenvalue weighted by atomic mass is 9.82. The van der Waals surface area contributed by atoms with Crippen LogP contribution in [0.3, 0.4) is 0 Å². The molecule has 3 nitrogen and oxygen atoms in total. The fourth-order valence-corrected chi connectivity index (χ4v) is 1.85. The Kier molecular flexibility index (Phi) is 3.56. The zero-order valence-electron chi connectivity index (χ0n) is 9.54. The van der Waals surface area contributed by atoms with Gasteiger partial charge in [-0.3, -0.25) is 4.79 Å². The van der Waals surface area contributed by atoms with E-state index in [2.05, 4.69) is 20.8 Å². The second-order valence-electron chi connectivity index (χ2n) is 4.70. The first kappa shape index (κ1) is 11.8. The summed E-state index contributed by atoms with van der Waals surface area (Å²) >= 11 is 0. The minimum Gasteiger partial charge on any atom is -0.502 e. The van der Waals surface area contributed by atoms with Crippen LogP contribution >= 0.6 is 0 Å². The fraction of sp³-hybridized carbons (Fsp3) is 0.583. The van der Waals surface area contributed by atoms with E-state index in [-0.39, 0.29) is 16.6 Å². The van der Waals surface area contributed by atoms with E-state index >= 15 is 0 Å². The summed E-state index contributed by atoms with van der Waals surface area (Å²) in [6.07, 6.45) is 5.26. The average molecular weight is 210 g/mol. The summed E-state index contributed by atoms with van der Waals surface area (Å²) in [5.41, 5.74) is 0.302. The van der Waals surface area contributed by atoms with E-state index in [0.29, 0.717) is 12.0 Å². The Hall–Kier alpha value is -1.25. The number of rotatable bonds is 4. The van der Waals surface area contributed by atoms with Gasteiger partial charge in [0, 0.05) is 5.56 Å². The third-order valence-corrected chi connectivity index (χ3v) is 2.51. The van der Waals surface area contributed by atoms with Gasteiger partial charge < -0.3 is 9.52 Å². The molecule has 0 aliphatic heterocycles. The van der Waals surface area contributed by atoms with Gasteiger partial charge in [0.05, 0.1) is 6.26 Å². The predicted octanol–water partition coefficient (Wildman–Crippen LogP) is 2.71. The molecule has 0 aliphatic rings. The highest BCUT2D eigenvalue weighted by molar-refractivity contribution is 5.21. The minimum atomic E-state index is -0.314. The van der Waals surface area contributed by atoms with Gasteiger partial charge in [0.25, 0.3) is 0 Å². The van der Waals surface area contributed by atoms with Crippen LogP contribution in [0.15, 0.2) is 21.7 Å². The molecule has 0 aromatic carbocycles. The van der Waals surface area contributed by atoms with Gasteiger partial charge in [0.1, 0.15) is 6.26 Å². The van der Waals surface area contributed by atoms with Gasteiger partial charge in [-0.2, -0.15) is 0 Å². The zero-order chi connectivity index (χ0) is 11.5. The quantitative estimate of drug-likeness (QED) is 0.831. The SMILES string of the molecule is CCCC(C)(C)Cc1cocc(O)c1=O. The average Bonchev–Trinajstić information content (AvgIpc) is 2.12. The highest BCUT2D eigenvalue weighted by atomic mass is 16.3. The zero-order valence-corrected chi connectivity index (χ0v) is 9.54. The van der Waals surface area contributed by atoms with Gasteiger partial charge in [-0.25, -0.2) is 0 Å². The molecule has 0 amide bonds. The first-order valence-electron chi connectivity index (χ1n) is 5.24. The van der Waals surface area contributed by atoms with Crippen molar-refractivity contribution in [3.8, 4) is 5.75 Å². The molecule has 1 rings (SSSR count). The molecule has 0 saturated heterocycles. The van der Waals surface area contributed by atoms with Gasteiger partial charge in [-0.05, 0) is 18.3 Å². The summed E-state index contributed by atoms with van der Waals surface area (Å²) < 4.78 is 4.89. The molecule has 0 fully saturated rings. The molecular formula is C12H18O3. The van der Waals surface area contributed by atoms with Crippen molar-refractivity contribution < 1.29 is 9.52 Å². The van der Waals surface area contributed by atoms with E-state index in [9.17, 15) is 9.90 Å². The Morgan fingerprint density at radius 2 is 2.07 bits per heavy atom. The summed E-state index contributed by atoms with van der Waals surface area (Å²) in [6.45, 7) is 6.34. The molecule has 0 saturated carbocycles. The fourth-order valence-electron chi connectivity index (χ4n) is 1.85. The topological polar surface area (TPSA) is 50.4 Å². The Bertz CT molecular complexity index is 377. The van der Waals surface area contributed by atoms with Crippen LogP contribution in [0.2, 0.25) is 0 Å². The summed E-state index contributed by atoms with van der Waals surface area (Å²) in [5, 5.41) is 9.22. The maximum absolute atomic E-state index is 11.5. The van der Waals surface area contributed by atoms with E-state index in [1.54, 1.807) is 0 Å². The first-order valence-corrected chi connectivity index (χ1v) is 5.24. The maximum Gasteiger partial charge on any atom is 0.229 e. The number of hydrogen-bond acceptors (Lipinski definition) is 3. The molecule has 0 radical (unpaired) electrons. The lowest BCUT2D eigenvalue weighted by Crippen LogP contribution is -2.19. The molecule has 1 aromatic heterocycles. The van der Waals surface area contributed by atoms with E-state index in [1.807, 2.05) is 0 Å². The molecule has 1 heterocycles. The lowest BCUT2D eigenvalue weighted by Gasteiger charge is -2.23. The molecular weight excluding hydrogens is 192 g/mol. The van der Waals surface area contributed by atoms with Gasteiger partial charge in [0.15, 0.2) is 5.75 Å². The number of aromatic hydroxyl groups is 1. The Morgan fingerprint density at radius 3 is 2.67 bits per heavy atom. The van der Waals surface area contributed by atoms with E-state index in [4.69, 9.17) is 4.42 Å². The van der Waals surface area contributed by atoms with Crippen molar-refractivity contribution in [1.29, 1.82) is 0 Å². The van der Waals surface area contributed by atoms with Gasteiger partial charge in [0.2, 0.25) is 5.43 Å². The first-order chi connectivity index (χ1) is 6.96. The summed E-state index contributed by atoms with van der Waals surface area (Å²) in [7, 11) is 0. The largest absolute Gasteiger partial charge is 0.502 e. The predicted molar refractivity (Wildman–Crippen MR) is 59.0 cm³/mol. The lowest BCUT2D eigenvalue weighted by molar-refractivity contribution is 0.322. The van der Waals surface area contributed by atoms with Crippen LogP contribution in [0.25, 0.3) is 0 Å². The Morgan fingerprint density at radius 1 is 1.40 bits per heavy atom. The monoisotopic (exact) mass is 210 g/mol. The smallest absolute Gasteiger partial charge is 0.229 e. The molecule has 0 aliphatic carbocycles. The molecule has 1 N–H and O–H groups in total. The summed E-state index contributed by atoms with van der Waals surface area (Å²) in [6, 6.07) is 0. The molecule has 15 heavy (non-hydrogen) atoms. The second-order valence-corrected chi connectivity index (χ2v) is 4.70. The highest BCUT2D eigenvalue weighted by Gasteiger charge is 2.20. The van der Waals surface area contributed by atoms with Crippen molar-refractivity contribution in [1.82, 2.24) is 0 Å². The minimum absolute atomic E-state index is 0.0667. The molecule has 0 atom stereocenters. The molecule has 0 unspecified atom stereocenters. The van der Waals surface area contributed by atoms with Crippen LogP contribution in [-0.2, 0) is 6.42 Å². The van der Waals surface area contributed by atoms with Crippen LogP contribution in [0.5, 0.6) is 5.75 Å². The second kappa shape index (κ2) is 4.51. The maximum atomic E-state index is 11.5. The van der Waals surface area contributed by atoms with Crippen LogP contribution in [0.1, 0.15) is 39.2 Å².